The third-order valence-corrected chi connectivity index (χ3v) is 4.74. The number of nitrogens with zero attached hydrogens (tertiary/aromatic N) is 1. The molecule has 0 saturated carbocycles. The molecule has 2 N–H and O–H groups in total. The van der Waals surface area contributed by atoms with Crippen molar-refractivity contribution in [3.05, 3.63) is 21.7 Å². The molecule has 1 saturated heterocycles. The third-order valence-electron chi connectivity index (χ3n) is 4.17. The molecule has 0 unspecified atom stereocenters. The molecule has 0 spiro atoms. The molecule has 1 amide bonds. The van der Waals surface area contributed by atoms with E-state index in [2.05, 4.69) is 10.2 Å². The predicted octanol–water partition coefficient (Wildman–Crippen LogP) is 3.26. The number of carbonyl (C=O) groups excluding carboxylic acids is 1. The van der Waals surface area contributed by atoms with Crippen LogP contribution in [-0.4, -0.2) is 55.4 Å². The number of methoxy groups -OCH3 is 1. The smallest absolute Gasteiger partial charge is 0.259 e. The first-order valence-electron chi connectivity index (χ1n) is 7.82. The molecule has 1 atom stereocenters. The Morgan fingerprint density at radius 3 is 2.92 bits per heavy atom. The number of halogens is 3. The molecule has 0 bridgehead atoms. The Kier molecular flexibility index (Phi) is 6.95. The maximum Gasteiger partial charge on any atom is 0.259 e. The van der Waals surface area contributed by atoms with Crippen molar-refractivity contribution >= 4 is 29.1 Å². The lowest BCUT2D eigenvalue weighted by Gasteiger charge is -2.24. The topological polar surface area (TPSA) is 61.8 Å². The van der Waals surface area contributed by atoms with Gasteiger partial charge in [-0.15, -0.1) is 0 Å². The summed E-state index contributed by atoms with van der Waals surface area (Å²) in [7, 11) is 1.36. The minimum Gasteiger partial charge on any atom is -0.505 e. The van der Waals surface area contributed by atoms with Crippen molar-refractivity contribution in [2.45, 2.75) is 25.3 Å². The fourth-order valence-electron chi connectivity index (χ4n) is 2.98. The maximum atomic E-state index is 12.5. The van der Waals surface area contributed by atoms with Gasteiger partial charge in [0.15, 0.2) is 11.5 Å². The Bertz CT molecular complexity index is 601. The van der Waals surface area contributed by atoms with Crippen LogP contribution in [0.2, 0.25) is 10.0 Å². The van der Waals surface area contributed by atoms with E-state index in [0.29, 0.717) is 19.5 Å². The van der Waals surface area contributed by atoms with Crippen molar-refractivity contribution in [1.29, 1.82) is 0 Å². The lowest BCUT2D eigenvalue weighted by atomic mass is 10.1. The fourth-order valence-corrected chi connectivity index (χ4v) is 3.52. The number of amides is 1. The highest BCUT2D eigenvalue weighted by Crippen LogP contribution is 2.40. The van der Waals surface area contributed by atoms with Crippen molar-refractivity contribution in [3.63, 3.8) is 0 Å². The van der Waals surface area contributed by atoms with Gasteiger partial charge in [0.1, 0.15) is 5.56 Å². The molecule has 2 rings (SSSR count). The van der Waals surface area contributed by atoms with Gasteiger partial charge in [0.05, 0.1) is 23.8 Å². The van der Waals surface area contributed by atoms with Crippen LogP contribution in [0, 0.1) is 0 Å². The van der Waals surface area contributed by atoms with Gasteiger partial charge in [-0.1, -0.05) is 23.2 Å². The molecule has 1 aliphatic rings. The molecule has 1 aromatic rings. The van der Waals surface area contributed by atoms with Crippen molar-refractivity contribution < 1.29 is 19.0 Å². The minimum atomic E-state index is -0.508. The summed E-state index contributed by atoms with van der Waals surface area (Å²) in [6, 6.07) is 1.48. The molecule has 5 nitrogen and oxygen atoms in total. The van der Waals surface area contributed by atoms with Gasteiger partial charge < -0.3 is 15.2 Å². The molecule has 0 aromatic heterocycles. The number of phenols is 1. The van der Waals surface area contributed by atoms with E-state index in [9.17, 15) is 14.3 Å². The van der Waals surface area contributed by atoms with Crippen LogP contribution in [0.5, 0.6) is 11.5 Å². The summed E-state index contributed by atoms with van der Waals surface area (Å²) < 4.78 is 17.5. The highest BCUT2D eigenvalue weighted by molar-refractivity contribution is 6.37. The molecule has 1 fully saturated rings. The number of hydrogen-bond acceptors (Lipinski definition) is 4. The quantitative estimate of drug-likeness (QED) is 0.764. The van der Waals surface area contributed by atoms with E-state index < -0.39 is 5.91 Å². The van der Waals surface area contributed by atoms with Crippen LogP contribution < -0.4 is 10.1 Å². The SMILES string of the molecule is COc1c(Cl)cc(Cl)c(O)c1C(=O)NC[C@@H]1CCCN1CCCF. The first-order valence-corrected chi connectivity index (χ1v) is 8.58. The van der Waals surface area contributed by atoms with Crippen molar-refractivity contribution in [2.75, 3.05) is 33.4 Å². The van der Waals surface area contributed by atoms with E-state index >= 15 is 0 Å². The fraction of sp³-hybridized carbons (Fsp3) is 0.562. The van der Waals surface area contributed by atoms with Crippen LogP contribution in [0.3, 0.4) is 0 Å². The van der Waals surface area contributed by atoms with Gasteiger partial charge in [0, 0.05) is 19.1 Å². The van der Waals surface area contributed by atoms with Gasteiger partial charge in [-0.05, 0) is 31.9 Å². The van der Waals surface area contributed by atoms with Crippen LogP contribution in [0.25, 0.3) is 0 Å². The molecule has 0 aliphatic carbocycles. The number of rotatable bonds is 7. The Labute approximate surface area is 150 Å². The number of nitrogens with one attached hydrogen (secondary N) is 1. The van der Waals surface area contributed by atoms with Crippen molar-refractivity contribution in [2.24, 2.45) is 0 Å². The lowest BCUT2D eigenvalue weighted by Crippen LogP contribution is -2.40. The molecule has 1 aliphatic heterocycles. The largest absolute Gasteiger partial charge is 0.505 e. The zero-order valence-electron chi connectivity index (χ0n) is 13.4. The van der Waals surface area contributed by atoms with Gasteiger partial charge in [0.2, 0.25) is 0 Å². The number of benzene rings is 1. The molecular weight excluding hydrogens is 358 g/mol. The monoisotopic (exact) mass is 378 g/mol. The van der Waals surface area contributed by atoms with Crippen LogP contribution in [-0.2, 0) is 0 Å². The Hall–Kier alpha value is -1.24. The third kappa shape index (κ3) is 4.23. The number of hydrogen-bond donors (Lipinski definition) is 2. The second kappa shape index (κ2) is 8.74. The summed E-state index contributed by atoms with van der Waals surface area (Å²) in [6.45, 7) is 1.63. The molecule has 1 heterocycles. The normalized spacial score (nSPS) is 17.9. The first kappa shape index (κ1) is 19.1. The summed E-state index contributed by atoms with van der Waals surface area (Å²) >= 11 is 11.9. The van der Waals surface area contributed by atoms with E-state index in [1.54, 1.807) is 0 Å². The van der Waals surface area contributed by atoms with E-state index in [0.717, 1.165) is 19.4 Å². The Morgan fingerprint density at radius 2 is 2.25 bits per heavy atom. The highest BCUT2D eigenvalue weighted by atomic mass is 35.5. The molecule has 8 heteroatoms. The van der Waals surface area contributed by atoms with E-state index in [1.807, 2.05) is 0 Å². The second-order valence-electron chi connectivity index (χ2n) is 5.68. The van der Waals surface area contributed by atoms with Crippen molar-refractivity contribution in [3.8, 4) is 11.5 Å². The van der Waals surface area contributed by atoms with E-state index in [4.69, 9.17) is 27.9 Å². The van der Waals surface area contributed by atoms with Gasteiger partial charge in [-0.25, -0.2) is 0 Å². The van der Waals surface area contributed by atoms with Crippen LogP contribution in [0.15, 0.2) is 6.07 Å². The van der Waals surface area contributed by atoms with Crippen LogP contribution >= 0.6 is 23.2 Å². The van der Waals surface area contributed by atoms with Crippen LogP contribution in [0.4, 0.5) is 4.39 Å². The first-order chi connectivity index (χ1) is 11.5. The average Bonchev–Trinajstić information content (AvgIpc) is 3.01. The molecular formula is C16H21Cl2FN2O3. The van der Waals surface area contributed by atoms with Gasteiger partial charge in [-0.3, -0.25) is 14.1 Å². The van der Waals surface area contributed by atoms with E-state index in [-0.39, 0.29) is 39.8 Å². The number of ether oxygens (including phenoxy) is 1. The van der Waals surface area contributed by atoms with Gasteiger partial charge >= 0.3 is 0 Å². The number of carbonyl (C=O) groups is 1. The standard InChI is InChI=1S/C16H21Cl2FN2O3/c1-24-15-12(18)8-11(17)14(22)13(15)16(23)20-9-10-4-2-6-21(10)7-3-5-19/h8,10,22H,2-7,9H2,1H3,(H,20,23)/t10-/m0/s1. The lowest BCUT2D eigenvalue weighted by molar-refractivity contribution is 0.0934. The number of phenolic OH excluding ortho intramolecular Hbond substituents is 1. The van der Waals surface area contributed by atoms with Gasteiger partial charge in [-0.2, -0.15) is 0 Å². The summed E-state index contributed by atoms with van der Waals surface area (Å²) in [6.07, 6.45) is 2.44. The number of likely N-dealkylation sites (tertiary alicyclic amines) is 1. The highest BCUT2D eigenvalue weighted by Gasteiger charge is 2.27. The zero-order chi connectivity index (χ0) is 17.7. The van der Waals surface area contributed by atoms with E-state index in [1.165, 1.54) is 13.2 Å². The molecule has 1 aromatic carbocycles. The van der Waals surface area contributed by atoms with Crippen LogP contribution in [0.1, 0.15) is 29.6 Å². The Balaban J connectivity index is 2.08. The van der Waals surface area contributed by atoms with Gasteiger partial charge in [0.25, 0.3) is 5.91 Å². The summed E-state index contributed by atoms with van der Waals surface area (Å²) in [5.41, 5.74) is -0.0803. The molecule has 134 valence electrons. The Morgan fingerprint density at radius 1 is 1.50 bits per heavy atom. The summed E-state index contributed by atoms with van der Waals surface area (Å²) in [5, 5.41) is 13.0. The molecule has 24 heavy (non-hydrogen) atoms. The summed E-state index contributed by atoms with van der Waals surface area (Å²) in [5.74, 6) is -0.793. The molecule has 0 radical (unpaired) electrons. The predicted molar refractivity (Wildman–Crippen MR) is 92.2 cm³/mol. The zero-order valence-corrected chi connectivity index (χ0v) is 15.0. The van der Waals surface area contributed by atoms with Crippen molar-refractivity contribution in [1.82, 2.24) is 10.2 Å². The summed E-state index contributed by atoms with van der Waals surface area (Å²) in [4.78, 5) is 14.6. The maximum absolute atomic E-state index is 12.5. The number of aromatic hydroxyl groups is 1. The number of alkyl halides is 1. The average molecular weight is 379 g/mol. The minimum absolute atomic E-state index is 0.0172. The second-order valence-corrected chi connectivity index (χ2v) is 6.50.